The Morgan fingerprint density at radius 3 is 2.70 bits per heavy atom. The Bertz CT molecular complexity index is 1470. The van der Waals surface area contributed by atoms with Gasteiger partial charge in [0.25, 0.3) is 5.91 Å². The molecule has 5 heterocycles. The van der Waals surface area contributed by atoms with Gasteiger partial charge in [0, 0.05) is 67.7 Å². The molecule has 2 aliphatic rings. The SMILES string of the molecule is COCCN(C)c1ccnc(C2CC(C)C3CN(c4nc(C(C)(C)C)ccc4C(=O)NSc4cccc(n4)N2)C(C)(C)C3)c1. The second-order valence-electron chi connectivity index (χ2n) is 13.9. The molecule has 0 aromatic carbocycles. The highest BCUT2D eigenvalue weighted by molar-refractivity contribution is 7.97. The van der Waals surface area contributed by atoms with Crippen LogP contribution < -0.4 is 19.8 Å². The first-order valence-electron chi connectivity index (χ1n) is 15.5. The van der Waals surface area contributed by atoms with Gasteiger partial charge in [-0.25, -0.2) is 9.97 Å². The van der Waals surface area contributed by atoms with Gasteiger partial charge in [0.1, 0.15) is 16.7 Å². The van der Waals surface area contributed by atoms with Crippen LogP contribution in [0.2, 0.25) is 0 Å². The number of anilines is 3. The average molecular weight is 618 g/mol. The molecule has 44 heavy (non-hydrogen) atoms. The zero-order valence-corrected chi connectivity index (χ0v) is 28.2. The second kappa shape index (κ2) is 12.9. The van der Waals surface area contributed by atoms with Crippen molar-refractivity contribution < 1.29 is 9.53 Å². The van der Waals surface area contributed by atoms with Crippen LogP contribution in [0.5, 0.6) is 0 Å². The quantitative estimate of drug-likeness (QED) is 0.312. The summed E-state index contributed by atoms with van der Waals surface area (Å²) in [6.45, 7) is 15.6. The van der Waals surface area contributed by atoms with Crippen molar-refractivity contribution in [3.05, 3.63) is 65.6 Å². The maximum Gasteiger partial charge on any atom is 0.265 e. The maximum atomic E-state index is 13.7. The molecule has 4 bridgehead atoms. The van der Waals surface area contributed by atoms with E-state index in [-0.39, 0.29) is 22.9 Å². The van der Waals surface area contributed by atoms with Crippen LogP contribution in [0.4, 0.5) is 17.3 Å². The van der Waals surface area contributed by atoms with Crippen molar-refractivity contribution in [3.8, 4) is 0 Å². The van der Waals surface area contributed by atoms with Crippen molar-refractivity contribution >= 4 is 35.2 Å². The number of carbonyl (C=O) groups is 1. The summed E-state index contributed by atoms with van der Waals surface area (Å²) in [5, 5.41) is 4.41. The minimum atomic E-state index is -0.170. The summed E-state index contributed by atoms with van der Waals surface area (Å²) in [5.74, 6) is 2.10. The fourth-order valence-electron chi connectivity index (χ4n) is 6.23. The molecule has 3 aromatic heterocycles. The highest BCUT2D eigenvalue weighted by Crippen LogP contribution is 2.43. The number of ether oxygens (including phenoxy) is 1. The van der Waals surface area contributed by atoms with E-state index < -0.39 is 0 Å². The van der Waals surface area contributed by atoms with E-state index >= 15 is 0 Å². The highest BCUT2D eigenvalue weighted by atomic mass is 32.2. The van der Waals surface area contributed by atoms with Crippen LogP contribution in [-0.4, -0.2) is 60.3 Å². The number of aromatic nitrogens is 3. The number of hydrogen-bond acceptors (Lipinski definition) is 9. The van der Waals surface area contributed by atoms with E-state index in [2.05, 4.69) is 74.5 Å². The molecule has 3 aromatic rings. The van der Waals surface area contributed by atoms with E-state index in [4.69, 9.17) is 19.7 Å². The van der Waals surface area contributed by atoms with Crippen molar-refractivity contribution in [2.45, 2.75) is 76.4 Å². The van der Waals surface area contributed by atoms with E-state index in [1.807, 2.05) is 42.6 Å². The first kappa shape index (κ1) is 32.0. The van der Waals surface area contributed by atoms with Crippen LogP contribution in [-0.2, 0) is 10.2 Å². The molecule has 5 rings (SSSR count). The predicted molar refractivity (Wildman–Crippen MR) is 180 cm³/mol. The van der Waals surface area contributed by atoms with Crippen LogP contribution >= 0.6 is 11.9 Å². The van der Waals surface area contributed by atoms with Crippen molar-refractivity contribution in [3.63, 3.8) is 0 Å². The third-order valence-electron chi connectivity index (χ3n) is 8.95. The van der Waals surface area contributed by atoms with E-state index in [1.54, 1.807) is 7.11 Å². The molecule has 9 nitrogen and oxygen atoms in total. The minimum Gasteiger partial charge on any atom is -0.383 e. The maximum absolute atomic E-state index is 13.7. The van der Waals surface area contributed by atoms with E-state index in [9.17, 15) is 4.79 Å². The number of nitrogens with zero attached hydrogens (tertiary/aromatic N) is 5. The van der Waals surface area contributed by atoms with Crippen molar-refractivity contribution in [1.29, 1.82) is 0 Å². The molecular weight excluding hydrogens is 570 g/mol. The molecule has 236 valence electrons. The molecule has 1 saturated heterocycles. The van der Waals surface area contributed by atoms with Gasteiger partial charge in [0.05, 0.1) is 23.9 Å². The molecule has 0 radical (unpaired) electrons. The van der Waals surface area contributed by atoms with Gasteiger partial charge in [-0.3, -0.25) is 14.5 Å². The Balaban J connectivity index is 1.55. The van der Waals surface area contributed by atoms with Gasteiger partial charge < -0.3 is 19.9 Å². The highest BCUT2D eigenvalue weighted by Gasteiger charge is 2.43. The van der Waals surface area contributed by atoms with Gasteiger partial charge in [0.15, 0.2) is 0 Å². The summed E-state index contributed by atoms with van der Waals surface area (Å²) in [6.07, 6.45) is 3.77. The largest absolute Gasteiger partial charge is 0.383 e. The molecule has 1 fully saturated rings. The molecule has 3 unspecified atom stereocenters. The molecular formula is C34H47N7O2S. The lowest BCUT2D eigenvalue weighted by Crippen LogP contribution is -2.40. The van der Waals surface area contributed by atoms with Crippen molar-refractivity contribution in [1.82, 2.24) is 19.7 Å². The molecule has 2 N–H and O–H groups in total. The normalized spacial score (nSPS) is 21.9. The van der Waals surface area contributed by atoms with E-state index in [0.717, 1.165) is 54.6 Å². The zero-order chi connectivity index (χ0) is 31.6. The molecule has 0 aliphatic carbocycles. The zero-order valence-electron chi connectivity index (χ0n) is 27.3. The van der Waals surface area contributed by atoms with Gasteiger partial charge in [0.2, 0.25) is 0 Å². The fourth-order valence-corrected chi connectivity index (χ4v) is 6.82. The monoisotopic (exact) mass is 617 g/mol. The molecule has 2 aliphatic heterocycles. The predicted octanol–water partition coefficient (Wildman–Crippen LogP) is 6.49. The number of methoxy groups -OCH3 is 1. The molecule has 0 spiro atoms. The first-order valence-corrected chi connectivity index (χ1v) is 16.3. The smallest absolute Gasteiger partial charge is 0.265 e. The lowest BCUT2D eigenvalue weighted by atomic mass is 9.83. The first-order chi connectivity index (χ1) is 20.9. The molecule has 1 amide bonds. The van der Waals surface area contributed by atoms with E-state index in [1.165, 1.54) is 11.9 Å². The van der Waals surface area contributed by atoms with Crippen LogP contribution in [0.1, 0.15) is 82.2 Å². The van der Waals surface area contributed by atoms with Crippen molar-refractivity contribution in [2.75, 3.05) is 49.0 Å². The summed E-state index contributed by atoms with van der Waals surface area (Å²) in [6, 6.07) is 13.9. The van der Waals surface area contributed by atoms with Gasteiger partial charge >= 0.3 is 0 Å². The Kier molecular flexibility index (Phi) is 9.41. The van der Waals surface area contributed by atoms with Gasteiger partial charge in [-0.1, -0.05) is 33.8 Å². The summed E-state index contributed by atoms with van der Waals surface area (Å²) in [4.78, 5) is 33.1. The number of likely N-dealkylation sites (N-methyl/N-ethyl adjacent to an activating group) is 1. The lowest BCUT2D eigenvalue weighted by Gasteiger charge is -2.34. The third kappa shape index (κ3) is 7.12. The van der Waals surface area contributed by atoms with Gasteiger partial charge in [-0.2, -0.15) is 0 Å². The van der Waals surface area contributed by atoms with Gasteiger partial charge in [-0.15, -0.1) is 0 Å². The Morgan fingerprint density at radius 2 is 1.95 bits per heavy atom. The Hall–Kier alpha value is -3.37. The summed E-state index contributed by atoms with van der Waals surface area (Å²) in [5.41, 5.74) is 3.33. The number of amides is 1. The van der Waals surface area contributed by atoms with Crippen LogP contribution in [0, 0.1) is 11.8 Å². The number of pyridine rings is 3. The second-order valence-corrected chi connectivity index (χ2v) is 14.7. The van der Waals surface area contributed by atoms with E-state index in [0.29, 0.717) is 29.0 Å². The number of carbonyl (C=O) groups excluding carboxylic acids is 1. The standard InChI is InChI=1S/C34H47N7O2S/c1-22-18-27(26-19-24(14-15-35-26)40(7)16-17-43-8)36-29-10-9-11-30(38-29)44-39-32(42)25-12-13-28(33(2,3)4)37-31(25)41-21-23(22)20-34(41,5)6/h9-15,19,22-23,27H,16-18,20-21H2,1-8H3,(H,36,38)(H,39,42). The minimum absolute atomic E-state index is 0.0525. The summed E-state index contributed by atoms with van der Waals surface area (Å²) in [7, 11) is 3.80. The summed E-state index contributed by atoms with van der Waals surface area (Å²) >= 11 is 1.22. The molecule has 3 atom stereocenters. The number of nitrogens with one attached hydrogen (secondary N) is 2. The number of fused-ring (bicyclic) bond motifs is 6. The van der Waals surface area contributed by atoms with Crippen LogP contribution in [0.15, 0.2) is 53.7 Å². The molecule has 0 saturated carbocycles. The Morgan fingerprint density at radius 1 is 1.16 bits per heavy atom. The van der Waals surface area contributed by atoms with Crippen LogP contribution in [0.25, 0.3) is 0 Å². The number of rotatable bonds is 5. The van der Waals surface area contributed by atoms with Crippen LogP contribution in [0.3, 0.4) is 0 Å². The number of hydrogen-bond donors (Lipinski definition) is 2. The summed E-state index contributed by atoms with van der Waals surface area (Å²) < 4.78 is 8.35. The lowest BCUT2D eigenvalue weighted by molar-refractivity contribution is 0.0984. The van der Waals surface area contributed by atoms with Crippen molar-refractivity contribution in [2.24, 2.45) is 11.8 Å². The topological polar surface area (TPSA) is 95.5 Å². The average Bonchev–Trinajstić information content (AvgIpc) is 3.32. The Labute approximate surface area is 266 Å². The molecule has 10 heteroatoms. The fraction of sp³-hybridized carbons (Fsp3) is 0.529. The van der Waals surface area contributed by atoms with Gasteiger partial charge in [-0.05, 0) is 74.9 Å². The third-order valence-corrected chi connectivity index (χ3v) is 9.68.